The Bertz CT molecular complexity index is 663. The highest BCUT2D eigenvalue weighted by Crippen LogP contribution is 2.27. The molecule has 0 aliphatic heterocycles. The molecule has 0 atom stereocenters. The summed E-state index contributed by atoms with van der Waals surface area (Å²) in [5.41, 5.74) is 0.238. The first-order valence-electron chi connectivity index (χ1n) is 5.21. The summed E-state index contributed by atoms with van der Waals surface area (Å²) in [6.07, 6.45) is 0. The summed E-state index contributed by atoms with van der Waals surface area (Å²) in [5, 5.41) is 11.1. The van der Waals surface area contributed by atoms with Crippen molar-refractivity contribution in [3.05, 3.63) is 49.6 Å². The van der Waals surface area contributed by atoms with Crippen molar-refractivity contribution < 1.29 is 9.53 Å². The molecule has 0 fully saturated rings. The lowest BCUT2D eigenvalue weighted by Gasteiger charge is -2.07. The van der Waals surface area contributed by atoms with Crippen molar-refractivity contribution in [3.8, 4) is 11.8 Å². The third kappa shape index (κ3) is 3.16. The highest BCUT2D eigenvalue weighted by molar-refractivity contribution is 9.10. The molecule has 19 heavy (non-hydrogen) atoms. The monoisotopic (exact) mass is 355 g/mol. The molecule has 2 rings (SSSR count). The van der Waals surface area contributed by atoms with Crippen molar-refractivity contribution in [2.75, 3.05) is 6.61 Å². The van der Waals surface area contributed by atoms with Crippen molar-refractivity contribution in [3.63, 3.8) is 0 Å². The van der Waals surface area contributed by atoms with Crippen molar-refractivity contribution in [1.82, 2.24) is 0 Å². The highest BCUT2D eigenvalue weighted by Gasteiger charge is 2.14. The van der Waals surface area contributed by atoms with E-state index in [1.54, 1.807) is 24.3 Å². The third-order valence-electron chi connectivity index (χ3n) is 2.32. The highest BCUT2D eigenvalue weighted by atomic mass is 79.9. The second kappa shape index (κ2) is 6.20. The predicted molar refractivity (Wildman–Crippen MR) is 78.0 cm³/mol. The van der Waals surface area contributed by atoms with Crippen molar-refractivity contribution in [2.24, 2.45) is 0 Å². The Morgan fingerprint density at radius 1 is 1.47 bits per heavy atom. The molecular formula is C13H7BrClNO2S. The first kappa shape index (κ1) is 14.1. The molecule has 2 aromatic rings. The number of nitrogens with zero attached hydrogens (tertiary/aromatic N) is 1. The van der Waals surface area contributed by atoms with Crippen LogP contribution in [0.15, 0.2) is 34.1 Å². The van der Waals surface area contributed by atoms with Crippen LogP contribution in [-0.4, -0.2) is 12.4 Å². The molecule has 0 radical (unpaired) electrons. The van der Waals surface area contributed by atoms with Gasteiger partial charge in [0.1, 0.15) is 17.4 Å². The molecule has 3 nitrogen and oxygen atoms in total. The largest absolute Gasteiger partial charge is 0.484 e. The second-order valence-electron chi connectivity index (χ2n) is 3.53. The number of carbonyl (C=O) groups is 1. The van der Waals surface area contributed by atoms with Gasteiger partial charge < -0.3 is 4.74 Å². The third-order valence-corrected chi connectivity index (χ3v) is 4.51. The number of thiophene rings is 1. The Morgan fingerprint density at radius 3 is 2.89 bits per heavy atom. The van der Waals surface area contributed by atoms with Crippen LogP contribution in [-0.2, 0) is 0 Å². The molecule has 0 bridgehead atoms. The van der Waals surface area contributed by atoms with E-state index < -0.39 is 0 Å². The van der Waals surface area contributed by atoms with Crippen molar-refractivity contribution >= 4 is 44.7 Å². The number of nitriles is 1. The predicted octanol–water partition coefficient (Wildman–Crippen LogP) is 4.30. The summed E-state index contributed by atoms with van der Waals surface area (Å²) in [7, 11) is 0. The first-order chi connectivity index (χ1) is 9.13. The van der Waals surface area contributed by atoms with E-state index in [4.69, 9.17) is 21.6 Å². The van der Waals surface area contributed by atoms with Crippen LogP contribution in [0.5, 0.6) is 5.75 Å². The molecule has 0 spiro atoms. The average Bonchev–Trinajstić information content (AvgIpc) is 2.82. The number of halogens is 2. The van der Waals surface area contributed by atoms with Crippen molar-refractivity contribution in [1.29, 1.82) is 5.26 Å². The molecule has 1 heterocycles. The Kier molecular flexibility index (Phi) is 4.59. The molecular weight excluding hydrogens is 350 g/mol. The number of carbonyl (C=O) groups excluding carboxylic acids is 1. The standard InChI is InChI=1S/C13H7BrClNO2S/c14-9-4-5-19-13(9)11(17)7-18-12-3-1-2-10(15)8(12)6-16/h1-5H,7H2. The van der Waals surface area contributed by atoms with E-state index in [1.807, 2.05) is 11.4 Å². The molecule has 1 aromatic carbocycles. The van der Waals surface area contributed by atoms with Crippen molar-refractivity contribution in [2.45, 2.75) is 0 Å². The number of ether oxygens (including phenoxy) is 1. The number of benzene rings is 1. The van der Waals surface area contributed by atoms with Crippen LogP contribution in [0.1, 0.15) is 15.2 Å². The Balaban J connectivity index is 2.12. The summed E-state index contributed by atoms with van der Waals surface area (Å²) in [6, 6.07) is 8.65. The lowest BCUT2D eigenvalue weighted by molar-refractivity contribution is 0.0925. The van der Waals surface area contributed by atoms with Crippen LogP contribution in [0.4, 0.5) is 0 Å². The van der Waals surface area contributed by atoms with Crippen LogP contribution in [0, 0.1) is 11.3 Å². The topological polar surface area (TPSA) is 50.1 Å². The summed E-state index contributed by atoms with van der Waals surface area (Å²) >= 11 is 10.5. The minimum atomic E-state index is -0.147. The van der Waals surface area contributed by atoms with Gasteiger partial charge in [-0.1, -0.05) is 17.7 Å². The van der Waals surface area contributed by atoms with E-state index in [-0.39, 0.29) is 18.0 Å². The molecule has 1 aromatic heterocycles. The molecule has 0 saturated heterocycles. The van der Waals surface area contributed by atoms with Gasteiger partial charge in [-0.05, 0) is 39.5 Å². The average molecular weight is 357 g/mol. The van der Waals surface area contributed by atoms with Gasteiger partial charge in [0, 0.05) is 4.47 Å². The molecule has 0 unspecified atom stereocenters. The first-order valence-corrected chi connectivity index (χ1v) is 7.26. The fourth-order valence-corrected chi connectivity index (χ4v) is 3.16. The summed E-state index contributed by atoms with van der Waals surface area (Å²) in [4.78, 5) is 12.5. The fraction of sp³-hybridized carbons (Fsp3) is 0.0769. The number of hydrogen-bond donors (Lipinski definition) is 0. The van der Waals surface area contributed by atoms with Gasteiger partial charge in [0.2, 0.25) is 5.78 Å². The van der Waals surface area contributed by atoms with Crippen LogP contribution >= 0.6 is 38.9 Å². The molecule has 0 amide bonds. The van der Waals surface area contributed by atoms with Gasteiger partial charge >= 0.3 is 0 Å². The normalized spacial score (nSPS) is 9.95. The summed E-state index contributed by atoms with van der Waals surface area (Å²) in [5.74, 6) is 0.168. The molecule has 96 valence electrons. The van der Waals surface area contributed by atoms with E-state index in [0.29, 0.717) is 15.6 Å². The number of hydrogen-bond acceptors (Lipinski definition) is 4. The second-order valence-corrected chi connectivity index (χ2v) is 5.71. The maximum atomic E-state index is 11.9. The van der Waals surface area contributed by atoms with Gasteiger partial charge in [0.05, 0.1) is 9.90 Å². The quantitative estimate of drug-likeness (QED) is 0.768. The van der Waals surface area contributed by atoms with Gasteiger partial charge in [0.15, 0.2) is 6.61 Å². The molecule has 0 N–H and O–H groups in total. The number of rotatable bonds is 4. The van der Waals surface area contributed by atoms with E-state index >= 15 is 0 Å². The van der Waals surface area contributed by atoms with Gasteiger partial charge in [-0.2, -0.15) is 5.26 Å². The van der Waals surface area contributed by atoms with E-state index in [9.17, 15) is 4.79 Å². The zero-order chi connectivity index (χ0) is 13.8. The van der Waals surface area contributed by atoms with Crippen LogP contribution in [0.3, 0.4) is 0 Å². The van der Waals surface area contributed by atoms with E-state index in [2.05, 4.69) is 15.9 Å². The lowest BCUT2D eigenvalue weighted by atomic mass is 10.2. The molecule has 0 aliphatic carbocycles. The molecule has 0 saturated carbocycles. The fourth-order valence-electron chi connectivity index (χ4n) is 1.43. The minimum absolute atomic E-state index is 0.131. The number of Topliss-reactive ketones (excluding diaryl/α,β-unsaturated/α-hetero) is 1. The van der Waals surface area contributed by atoms with Gasteiger partial charge in [-0.15, -0.1) is 11.3 Å². The Labute approximate surface area is 127 Å². The SMILES string of the molecule is N#Cc1c(Cl)cccc1OCC(=O)c1sccc1Br. The molecule has 0 aliphatic rings. The van der Waals surface area contributed by atoms with Gasteiger partial charge in [0.25, 0.3) is 0 Å². The Morgan fingerprint density at radius 2 is 2.26 bits per heavy atom. The van der Waals surface area contributed by atoms with Crippen LogP contribution in [0.2, 0.25) is 5.02 Å². The maximum Gasteiger partial charge on any atom is 0.211 e. The van der Waals surface area contributed by atoms with Gasteiger partial charge in [-0.3, -0.25) is 4.79 Å². The Hall–Kier alpha value is -1.35. The van der Waals surface area contributed by atoms with Gasteiger partial charge in [-0.25, -0.2) is 0 Å². The van der Waals surface area contributed by atoms with E-state index in [0.717, 1.165) is 4.47 Å². The van der Waals surface area contributed by atoms with Crippen LogP contribution < -0.4 is 4.74 Å². The zero-order valence-electron chi connectivity index (χ0n) is 9.52. The van der Waals surface area contributed by atoms with Crippen LogP contribution in [0.25, 0.3) is 0 Å². The minimum Gasteiger partial charge on any atom is -0.484 e. The maximum absolute atomic E-state index is 11.9. The number of ketones is 1. The van der Waals surface area contributed by atoms with E-state index in [1.165, 1.54) is 11.3 Å². The summed E-state index contributed by atoms with van der Waals surface area (Å²) < 4.78 is 6.13. The zero-order valence-corrected chi connectivity index (χ0v) is 12.7. The lowest BCUT2D eigenvalue weighted by Crippen LogP contribution is -2.11. The smallest absolute Gasteiger partial charge is 0.211 e. The molecule has 6 heteroatoms. The summed E-state index contributed by atoms with van der Waals surface area (Å²) in [6.45, 7) is -0.131.